The molecule has 2 aromatic rings. The number of nitrogens with zero attached hydrogens (tertiary/aromatic N) is 3. The van der Waals surface area contributed by atoms with E-state index in [1.54, 1.807) is 18.1 Å². The van der Waals surface area contributed by atoms with Gasteiger partial charge < -0.3 is 14.4 Å². The molecule has 0 radical (unpaired) electrons. The predicted octanol–water partition coefficient (Wildman–Crippen LogP) is 3.36. The zero-order valence-corrected chi connectivity index (χ0v) is 15.4. The van der Waals surface area contributed by atoms with E-state index in [4.69, 9.17) is 9.47 Å². The van der Waals surface area contributed by atoms with Gasteiger partial charge in [0.05, 0.1) is 20.2 Å². The Hall–Kier alpha value is -2.84. The first-order valence-corrected chi connectivity index (χ1v) is 8.49. The summed E-state index contributed by atoms with van der Waals surface area (Å²) in [5, 5.41) is 6.60. The summed E-state index contributed by atoms with van der Waals surface area (Å²) in [6, 6.07) is 6.57. The number of carbonyl (C=O) groups excluding carboxylic acids is 1. The molecule has 0 unspecified atom stereocenters. The first-order valence-electron chi connectivity index (χ1n) is 8.49. The van der Waals surface area contributed by atoms with Crippen LogP contribution in [0.5, 0.6) is 11.5 Å². The predicted molar refractivity (Wildman–Crippen MR) is 95.4 cm³/mol. The van der Waals surface area contributed by atoms with Crippen molar-refractivity contribution in [3.05, 3.63) is 36.0 Å². The highest BCUT2D eigenvalue weighted by atomic mass is 19.3. The van der Waals surface area contributed by atoms with Crippen molar-refractivity contribution < 1.29 is 23.0 Å². The molecule has 1 N–H and O–H groups in total. The Balaban J connectivity index is 1.76. The van der Waals surface area contributed by atoms with Gasteiger partial charge >= 0.3 is 6.03 Å². The Morgan fingerprint density at radius 1 is 1.41 bits per heavy atom. The van der Waals surface area contributed by atoms with Crippen LogP contribution in [-0.2, 0) is 13.1 Å². The number of ether oxygens (including phenoxy) is 2. The quantitative estimate of drug-likeness (QED) is 0.883. The monoisotopic (exact) mass is 380 g/mol. The molecule has 1 aliphatic heterocycles. The molecule has 146 valence electrons. The second-order valence-corrected chi connectivity index (χ2v) is 6.94. The number of carbonyl (C=O) groups is 1. The molecule has 3 rings (SSSR count). The SMILES string of the molecule is COc1ccc2c(c1)OC(C)(C)CN(C(=O)Nc1ccn(CC(F)F)n1)C2. The van der Waals surface area contributed by atoms with Crippen molar-refractivity contribution >= 4 is 11.8 Å². The highest BCUT2D eigenvalue weighted by molar-refractivity contribution is 5.88. The van der Waals surface area contributed by atoms with Gasteiger partial charge in [0.25, 0.3) is 6.43 Å². The molecule has 0 fully saturated rings. The van der Waals surface area contributed by atoms with Crippen LogP contribution >= 0.6 is 0 Å². The van der Waals surface area contributed by atoms with Crippen LogP contribution < -0.4 is 14.8 Å². The highest BCUT2D eigenvalue weighted by Gasteiger charge is 2.32. The summed E-state index contributed by atoms with van der Waals surface area (Å²) >= 11 is 0. The number of urea groups is 1. The maximum atomic E-state index is 12.7. The number of halogens is 2. The summed E-state index contributed by atoms with van der Waals surface area (Å²) in [5.41, 5.74) is 0.226. The average Bonchev–Trinajstić information content (AvgIpc) is 2.94. The molecular formula is C18H22F2N4O3. The van der Waals surface area contributed by atoms with E-state index in [1.807, 2.05) is 26.0 Å². The van der Waals surface area contributed by atoms with E-state index in [-0.39, 0.29) is 11.8 Å². The molecular weight excluding hydrogens is 358 g/mol. The van der Waals surface area contributed by atoms with Crippen molar-refractivity contribution in [3.8, 4) is 11.5 Å². The van der Waals surface area contributed by atoms with Gasteiger partial charge in [-0.25, -0.2) is 13.6 Å². The zero-order valence-electron chi connectivity index (χ0n) is 15.4. The minimum absolute atomic E-state index is 0.221. The lowest BCUT2D eigenvalue weighted by Crippen LogP contribution is -2.44. The second kappa shape index (κ2) is 7.42. The molecule has 0 aliphatic carbocycles. The molecule has 0 bridgehead atoms. The fourth-order valence-electron chi connectivity index (χ4n) is 2.94. The Bertz CT molecular complexity index is 823. The van der Waals surface area contributed by atoms with Gasteiger partial charge in [-0.1, -0.05) is 0 Å². The number of amides is 2. The van der Waals surface area contributed by atoms with E-state index < -0.39 is 18.6 Å². The molecule has 7 nitrogen and oxygen atoms in total. The van der Waals surface area contributed by atoms with Gasteiger partial charge in [-0.2, -0.15) is 5.10 Å². The molecule has 0 saturated heterocycles. The lowest BCUT2D eigenvalue weighted by molar-refractivity contribution is 0.0832. The van der Waals surface area contributed by atoms with Gasteiger partial charge in [-0.3, -0.25) is 10.00 Å². The van der Waals surface area contributed by atoms with E-state index >= 15 is 0 Å². The first kappa shape index (κ1) is 18.9. The van der Waals surface area contributed by atoms with Crippen LogP contribution in [0.2, 0.25) is 0 Å². The molecule has 0 spiro atoms. The summed E-state index contributed by atoms with van der Waals surface area (Å²) in [7, 11) is 1.58. The van der Waals surface area contributed by atoms with Gasteiger partial charge in [0.1, 0.15) is 23.6 Å². The lowest BCUT2D eigenvalue weighted by Gasteiger charge is -2.29. The maximum absolute atomic E-state index is 12.7. The van der Waals surface area contributed by atoms with Crippen molar-refractivity contribution in [3.63, 3.8) is 0 Å². The number of nitrogens with one attached hydrogen (secondary N) is 1. The van der Waals surface area contributed by atoms with E-state index in [0.717, 1.165) is 10.2 Å². The minimum atomic E-state index is -2.51. The highest BCUT2D eigenvalue weighted by Crippen LogP contribution is 2.32. The molecule has 2 amide bonds. The van der Waals surface area contributed by atoms with Crippen molar-refractivity contribution in [1.82, 2.24) is 14.7 Å². The van der Waals surface area contributed by atoms with Crippen LogP contribution in [0.25, 0.3) is 0 Å². The number of anilines is 1. The zero-order chi connectivity index (χ0) is 19.6. The van der Waals surface area contributed by atoms with Crippen LogP contribution in [-0.4, -0.2) is 46.4 Å². The van der Waals surface area contributed by atoms with Crippen LogP contribution in [0.15, 0.2) is 30.5 Å². The Labute approximate surface area is 155 Å². The first-order chi connectivity index (χ1) is 12.8. The molecule has 2 heterocycles. The third-order valence-electron chi connectivity index (χ3n) is 4.08. The van der Waals surface area contributed by atoms with Crippen LogP contribution in [0.3, 0.4) is 0 Å². The smallest absolute Gasteiger partial charge is 0.323 e. The third kappa shape index (κ3) is 4.66. The van der Waals surface area contributed by atoms with Crippen molar-refractivity contribution in [2.24, 2.45) is 0 Å². The molecule has 1 aliphatic rings. The van der Waals surface area contributed by atoms with E-state index in [9.17, 15) is 13.6 Å². The average molecular weight is 380 g/mol. The van der Waals surface area contributed by atoms with Crippen molar-refractivity contribution in [1.29, 1.82) is 0 Å². The number of aromatic nitrogens is 2. The van der Waals surface area contributed by atoms with Crippen molar-refractivity contribution in [2.45, 2.75) is 39.0 Å². The van der Waals surface area contributed by atoms with Gasteiger partial charge in [-0.15, -0.1) is 0 Å². The topological polar surface area (TPSA) is 68.6 Å². The van der Waals surface area contributed by atoms with Crippen LogP contribution in [0.4, 0.5) is 19.4 Å². The van der Waals surface area contributed by atoms with Crippen LogP contribution in [0, 0.1) is 0 Å². The number of benzene rings is 1. The Kier molecular flexibility index (Phi) is 5.20. The standard InChI is InChI=1S/C18H22F2N4O3/c1-18(2)11-23(9-12-4-5-13(26-3)8-14(12)27-18)17(25)21-16-6-7-24(22-16)10-15(19)20/h4-8,15H,9-11H2,1-3H3,(H,21,22,25). The summed E-state index contributed by atoms with van der Waals surface area (Å²) in [6.07, 6.45) is -1.11. The molecule has 9 heteroatoms. The molecule has 0 saturated carbocycles. The number of hydrogen-bond donors (Lipinski definition) is 1. The summed E-state index contributed by atoms with van der Waals surface area (Å²) in [5.74, 6) is 1.56. The van der Waals surface area contributed by atoms with E-state index in [0.29, 0.717) is 24.6 Å². The fraction of sp³-hybridized carbons (Fsp3) is 0.444. The summed E-state index contributed by atoms with van der Waals surface area (Å²) in [4.78, 5) is 14.3. The molecule has 0 atom stereocenters. The Morgan fingerprint density at radius 2 is 2.19 bits per heavy atom. The van der Waals surface area contributed by atoms with E-state index in [1.165, 1.54) is 12.3 Å². The van der Waals surface area contributed by atoms with Gasteiger partial charge in [0, 0.05) is 23.9 Å². The second-order valence-electron chi connectivity index (χ2n) is 6.94. The third-order valence-corrected chi connectivity index (χ3v) is 4.08. The molecule has 1 aromatic heterocycles. The summed E-state index contributed by atoms with van der Waals surface area (Å²) in [6.45, 7) is 3.94. The number of methoxy groups -OCH3 is 1. The lowest BCUT2D eigenvalue weighted by atomic mass is 10.1. The maximum Gasteiger partial charge on any atom is 0.323 e. The van der Waals surface area contributed by atoms with Gasteiger partial charge in [0.2, 0.25) is 0 Å². The van der Waals surface area contributed by atoms with E-state index in [2.05, 4.69) is 10.4 Å². The van der Waals surface area contributed by atoms with Gasteiger partial charge in [-0.05, 0) is 26.0 Å². The molecule has 27 heavy (non-hydrogen) atoms. The largest absolute Gasteiger partial charge is 0.497 e. The fourth-order valence-corrected chi connectivity index (χ4v) is 2.94. The molecule has 1 aromatic carbocycles. The Morgan fingerprint density at radius 3 is 2.89 bits per heavy atom. The minimum Gasteiger partial charge on any atom is -0.497 e. The normalized spacial score (nSPS) is 15.7. The number of alkyl halides is 2. The number of fused-ring (bicyclic) bond motifs is 1. The van der Waals surface area contributed by atoms with Crippen LogP contribution in [0.1, 0.15) is 19.4 Å². The number of hydrogen-bond acceptors (Lipinski definition) is 4. The number of rotatable bonds is 4. The van der Waals surface area contributed by atoms with Gasteiger partial charge in [0.15, 0.2) is 5.82 Å². The summed E-state index contributed by atoms with van der Waals surface area (Å²) < 4.78 is 37.2. The van der Waals surface area contributed by atoms with Crippen molar-refractivity contribution in [2.75, 3.05) is 19.0 Å².